The van der Waals surface area contributed by atoms with Gasteiger partial charge < -0.3 is 14.8 Å². The molecule has 0 unspecified atom stereocenters. The highest BCUT2D eigenvalue weighted by Crippen LogP contribution is 2.34. The summed E-state index contributed by atoms with van der Waals surface area (Å²) in [6.07, 6.45) is 0. The third kappa shape index (κ3) is 4.34. The van der Waals surface area contributed by atoms with Crippen molar-refractivity contribution >= 4 is 34.2 Å². The van der Waals surface area contributed by atoms with E-state index >= 15 is 0 Å². The Balaban J connectivity index is 1.93. The molecule has 0 fully saturated rings. The predicted octanol–water partition coefficient (Wildman–Crippen LogP) is 6.01. The van der Waals surface area contributed by atoms with Crippen LogP contribution < -0.4 is 10.7 Å². The van der Waals surface area contributed by atoms with E-state index in [9.17, 15) is 24.3 Å². The summed E-state index contributed by atoms with van der Waals surface area (Å²) < 4.78 is 21.1. The summed E-state index contributed by atoms with van der Waals surface area (Å²) in [6, 6.07) is 12.0. The zero-order valence-electron chi connectivity index (χ0n) is 18.9. The molecule has 2 aromatic heterocycles. The first-order valence-corrected chi connectivity index (χ1v) is 10.9. The Morgan fingerprint density at radius 3 is 2.69 bits per heavy atom. The van der Waals surface area contributed by atoms with E-state index in [1.807, 2.05) is 6.92 Å². The maximum Gasteiger partial charge on any atom is 0.356 e. The number of carboxylic acids is 1. The molecule has 0 saturated heterocycles. The van der Waals surface area contributed by atoms with Crippen LogP contribution in [0.15, 0.2) is 51.7 Å². The molecule has 0 radical (unpaired) electrons. The second-order valence-electron chi connectivity index (χ2n) is 8.10. The molecule has 7 nitrogen and oxygen atoms in total. The lowest BCUT2D eigenvalue weighted by Gasteiger charge is -2.19. The van der Waals surface area contributed by atoms with Crippen molar-refractivity contribution in [2.45, 2.75) is 26.8 Å². The summed E-state index contributed by atoms with van der Waals surface area (Å²) in [5.74, 6) is -2.01. The first kappa shape index (κ1) is 23.9. The smallest absolute Gasteiger partial charge is 0.356 e. The van der Waals surface area contributed by atoms with Crippen LogP contribution >= 0.6 is 11.6 Å². The summed E-state index contributed by atoms with van der Waals surface area (Å²) in [6.45, 7) is 5.13. The van der Waals surface area contributed by atoms with E-state index in [1.165, 1.54) is 30.3 Å². The van der Waals surface area contributed by atoms with Crippen LogP contribution in [0.5, 0.6) is 0 Å². The normalized spacial score (nSPS) is 11.8. The topological polar surface area (TPSA) is 116 Å². The zero-order chi connectivity index (χ0) is 25.4. The van der Waals surface area contributed by atoms with Gasteiger partial charge in [0.2, 0.25) is 0 Å². The fraction of sp³-hybridized carbons (Fsp3) is 0.154. The van der Waals surface area contributed by atoms with E-state index in [4.69, 9.17) is 16.0 Å². The molecule has 0 saturated carbocycles. The summed E-state index contributed by atoms with van der Waals surface area (Å²) in [5, 5.41) is 22.2. The molecule has 2 N–H and O–H groups in total. The summed E-state index contributed by atoms with van der Waals surface area (Å²) in [4.78, 5) is 28.8. The molecule has 2 aromatic carbocycles. The Kier molecular flexibility index (Phi) is 6.29. The number of aromatic carboxylic acids is 1. The van der Waals surface area contributed by atoms with Gasteiger partial charge in [-0.25, -0.2) is 14.2 Å². The van der Waals surface area contributed by atoms with E-state index < -0.39 is 17.8 Å². The van der Waals surface area contributed by atoms with E-state index in [-0.39, 0.29) is 50.0 Å². The van der Waals surface area contributed by atoms with Gasteiger partial charge in [-0.05, 0) is 56.7 Å². The standard InChI is InChI=1S/C26H19ClFN3O4/c1-12-9-17(14(3)30-19-7-8-20(27)31-22(19)26(33)34)25-18(10-12)23(32)13(2)24(35-25)16-6-4-5-15(11-29)21(16)28/h4-10,14,30H,1-3H3,(H,33,34)/t14-/m1/s1. The lowest BCUT2D eigenvalue weighted by atomic mass is 9.98. The Morgan fingerprint density at radius 2 is 2.00 bits per heavy atom. The molecule has 0 amide bonds. The van der Waals surface area contributed by atoms with Crippen LogP contribution in [0, 0.1) is 31.0 Å². The van der Waals surface area contributed by atoms with Gasteiger partial charge in [-0.3, -0.25) is 4.79 Å². The number of nitrogens with zero attached hydrogens (tertiary/aromatic N) is 2. The lowest BCUT2D eigenvalue weighted by Crippen LogP contribution is -2.15. The molecular formula is C26H19ClFN3O4. The summed E-state index contributed by atoms with van der Waals surface area (Å²) >= 11 is 5.85. The minimum Gasteiger partial charge on any atom is -0.476 e. The number of anilines is 1. The van der Waals surface area contributed by atoms with Crippen LogP contribution in [0.4, 0.5) is 10.1 Å². The number of benzene rings is 2. The molecular weight excluding hydrogens is 473 g/mol. The van der Waals surface area contributed by atoms with Crippen molar-refractivity contribution in [2.75, 3.05) is 5.32 Å². The van der Waals surface area contributed by atoms with Crippen molar-refractivity contribution in [1.82, 2.24) is 4.98 Å². The van der Waals surface area contributed by atoms with Gasteiger partial charge in [0.1, 0.15) is 22.6 Å². The number of rotatable bonds is 5. The summed E-state index contributed by atoms with van der Waals surface area (Å²) in [5.41, 5.74) is 1.25. The fourth-order valence-corrected chi connectivity index (χ4v) is 4.11. The molecule has 4 rings (SSSR count). The predicted molar refractivity (Wildman–Crippen MR) is 130 cm³/mol. The van der Waals surface area contributed by atoms with Gasteiger partial charge in [0.15, 0.2) is 16.9 Å². The number of halogens is 2. The average molecular weight is 492 g/mol. The largest absolute Gasteiger partial charge is 0.476 e. The Labute approximate surface area is 204 Å². The second-order valence-corrected chi connectivity index (χ2v) is 8.48. The molecule has 35 heavy (non-hydrogen) atoms. The third-order valence-corrected chi connectivity index (χ3v) is 5.87. The van der Waals surface area contributed by atoms with Crippen molar-refractivity contribution in [3.63, 3.8) is 0 Å². The van der Waals surface area contributed by atoms with Crippen molar-refractivity contribution in [1.29, 1.82) is 5.26 Å². The number of nitrogens with one attached hydrogen (secondary N) is 1. The van der Waals surface area contributed by atoms with Crippen LogP contribution in [-0.2, 0) is 0 Å². The number of fused-ring (bicyclic) bond motifs is 1. The van der Waals surface area contributed by atoms with Crippen LogP contribution in [0.1, 0.15) is 45.7 Å². The first-order valence-electron chi connectivity index (χ1n) is 10.6. The molecule has 1 atom stereocenters. The van der Waals surface area contributed by atoms with Gasteiger partial charge in [-0.1, -0.05) is 23.7 Å². The minimum absolute atomic E-state index is 0.00255. The lowest BCUT2D eigenvalue weighted by molar-refractivity contribution is 0.0691. The van der Waals surface area contributed by atoms with Crippen molar-refractivity contribution in [3.05, 3.63) is 91.6 Å². The molecule has 0 aliphatic carbocycles. The van der Waals surface area contributed by atoms with Gasteiger partial charge in [0.25, 0.3) is 0 Å². The van der Waals surface area contributed by atoms with Crippen molar-refractivity contribution < 1.29 is 18.7 Å². The highest BCUT2D eigenvalue weighted by Gasteiger charge is 2.22. The maximum absolute atomic E-state index is 15.0. The number of hydrogen-bond donors (Lipinski definition) is 2. The van der Waals surface area contributed by atoms with Crippen LogP contribution in [0.3, 0.4) is 0 Å². The molecule has 2 heterocycles. The number of pyridine rings is 1. The van der Waals surface area contributed by atoms with Crippen LogP contribution in [0.2, 0.25) is 5.15 Å². The summed E-state index contributed by atoms with van der Waals surface area (Å²) in [7, 11) is 0. The average Bonchev–Trinajstić information content (AvgIpc) is 2.82. The highest BCUT2D eigenvalue weighted by molar-refractivity contribution is 6.29. The minimum atomic E-state index is -1.26. The van der Waals surface area contributed by atoms with Gasteiger partial charge in [-0.2, -0.15) is 5.26 Å². The molecule has 4 aromatic rings. The fourth-order valence-electron chi connectivity index (χ4n) is 3.97. The number of carboxylic acid groups (broad SMARTS) is 1. The SMILES string of the molecule is Cc1cc([C@@H](C)Nc2ccc(Cl)nc2C(=O)O)c2oc(-c3cccc(C#N)c3F)c(C)c(=O)c2c1. The molecule has 176 valence electrons. The number of aryl methyl sites for hydroxylation is 1. The monoisotopic (exact) mass is 491 g/mol. The Bertz CT molecular complexity index is 1610. The number of hydrogen-bond acceptors (Lipinski definition) is 6. The number of aromatic nitrogens is 1. The van der Waals surface area contributed by atoms with Crippen molar-refractivity contribution in [2.24, 2.45) is 0 Å². The third-order valence-electron chi connectivity index (χ3n) is 5.66. The van der Waals surface area contributed by atoms with Crippen molar-refractivity contribution in [3.8, 4) is 17.4 Å². The Morgan fingerprint density at radius 1 is 1.26 bits per heavy atom. The van der Waals surface area contributed by atoms with Crippen LogP contribution in [0.25, 0.3) is 22.3 Å². The van der Waals surface area contributed by atoms with Gasteiger partial charge in [-0.15, -0.1) is 0 Å². The first-order chi connectivity index (χ1) is 16.6. The molecule has 9 heteroatoms. The quantitative estimate of drug-likeness (QED) is 0.328. The maximum atomic E-state index is 15.0. The van der Waals surface area contributed by atoms with Crippen LogP contribution in [-0.4, -0.2) is 16.1 Å². The van der Waals surface area contributed by atoms with Gasteiger partial charge in [0, 0.05) is 11.1 Å². The number of carbonyl (C=O) groups is 1. The molecule has 0 aliphatic heterocycles. The molecule has 0 aliphatic rings. The van der Waals surface area contributed by atoms with Gasteiger partial charge >= 0.3 is 5.97 Å². The number of nitriles is 1. The highest BCUT2D eigenvalue weighted by atomic mass is 35.5. The van der Waals surface area contributed by atoms with Gasteiger partial charge in [0.05, 0.1) is 28.2 Å². The van der Waals surface area contributed by atoms with E-state index in [0.717, 1.165) is 5.56 Å². The van der Waals surface area contributed by atoms with E-state index in [0.29, 0.717) is 10.9 Å². The second kappa shape index (κ2) is 9.20. The van der Waals surface area contributed by atoms with E-state index in [2.05, 4.69) is 10.3 Å². The Hall–Kier alpha value is -4.22. The molecule has 0 bridgehead atoms. The van der Waals surface area contributed by atoms with E-state index in [1.54, 1.807) is 32.0 Å². The molecule has 0 spiro atoms. The zero-order valence-corrected chi connectivity index (χ0v) is 19.7.